The standard InChI is InChI=1S/C10H17F3N2O2/c1-7(16)8-2-3-15(4-8)5-9(17)14-6-10(11,12)13/h7-8,16H,2-6H2,1H3,(H,14,17). The molecule has 1 rings (SSSR count). The Morgan fingerprint density at radius 2 is 2.24 bits per heavy atom. The van der Waals surface area contributed by atoms with Gasteiger partial charge >= 0.3 is 6.18 Å². The summed E-state index contributed by atoms with van der Waals surface area (Å²) in [5, 5.41) is 11.2. The molecule has 1 fully saturated rings. The maximum Gasteiger partial charge on any atom is 0.405 e. The number of aliphatic hydroxyl groups is 1. The zero-order chi connectivity index (χ0) is 13.1. The molecule has 0 radical (unpaired) electrons. The van der Waals surface area contributed by atoms with Gasteiger partial charge in [0.05, 0.1) is 12.6 Å². The highest BCUT2D eigenvalue weighted by Gasteiger charge is 2.30. The molecule has 0 aliphatic carbocycles. The van der Waals surface area contributed by atoms with Crippen molar-refractivity contribution in [3.63, 3.8) is 0 Å². The lowest BCUT2D eigenvalue weighted by atomic mass is 10.0. The highest BCUT2D eigenvalue weighted by Crippen LogP contribution is 2.19. The summed E-state index contributed by atoms with van der Waals surface area (Å²) in [6.45, 7) is 1.53. The molecular weight excluding hydrogens is 237 g/mol. The summed E-state index contributed by atoms with van der Waals surface area (Å²) in [5.74, 6) is -0.529. The number of carbonyl (C=O) groups excluding carboxylic acids is 1. The molecule has 2 N–H and O–H groups in total. The fourth-order valence-corrected chi connectivity index (χ4v) is 1.86. The van der Waals surface area contributed by atoms with Crippen LogP contribution < -0.4 is 5.32 Å². The summed E-state index contributed by atoms with van der Waals surface area (Å²) in [6.07, 6.45) is -4.05. The highest BCUT2D eigenvalue weighted by molar-refractivity contribution is 5.78. The lowest BCUT2D eigenvalue weighted by molar-refractivity contribution is -0.138. The van der Waals surface area contributed by atoms with Crippen molar-refractivity contribution in [2.75, 3.05) is 26.2 Å². The number of rotatable bonds is 4. The Bertz CT molecular complexity index is 269. The van der Waals surface area contributed by atoms with Gasteiger partial charge in [0, 0.05) is 6.54 Å². The predicted molar refractivity (Wildman–Crippen MR) is 55.3 cm³/mol. The molecule has 4 nitrogen and oxygen atoms in total. The van der Waals surface area contributed by atoms with Gasteiger partial charge in [-0.15, -0.1) is 0 Å². The van der Waals surface area contributed by atoms with Gasteiger partial charge in [-0.05, 0) is 25.8 Å². The van der Waals surface area contributed by atoms with E-state index in [0.717, 1.165) is 6.42 Å². The second-order valence-corrected chi connectivity index (χ2v) is 4.42. The Morgan fingerprint density at radius 3 is 2.71 bits per heavy atom. The van der Waals surface area contributed by atoms with Crippen molar-refractivity contribution in [3.8, 4) is 0 Å². The lowest BCUT2D eigenvalue weighted by Gasteiger charge is -2.17. The molecule has 2 unspecified atom stereocenters. The summed E-state index contributed by atoms with van der Waals surface area (Å²) < 4.78 is 35.5. The summed E-state index contributed by atoms with van der Waals surface area (Å²) in [6, 6.07) is 0. The molecule has 0 aromatic heterocycles. The summed E-state index contributed by atoms with van der Waals surface area (Å²) >= 11 is 0. The summed E-state index contributed by atoms with van der Waals surface area (Å²) in [5.41, 5.74) is 0. The van der Waals surface area contributed by atoms with Crippen LogP contribution in [0.1, 0.15) is 13.3 Å². The van der Waals surface area contributed by atoms with Crippen LogP contribution in [0, 0.1) is 5.92 Å². The minimum atomic E-state index is -4.37. The van der Waals surface area contributed by atoms with Crippen molar-refractivity contribution >= 4 is 5.91 Å². The molecule has 17 heavy (non-hydrogen) atoms. The second-order valence-electron chi connectivity index (χ2n) is 4.42. The van der Waals surface area contributed by atoms with E-state index in [1.165, 1.54) is 0 Å². The molecule has 1 aliphatic heterocycles. The number of nitrogens with one attached hydrogen (secondary N) is 1. The van der Waals surface area contributed by atoms with Crippen LogP contribution in [0.2, 0.25) is 0 Å². The van der Waals surface area contributed by atoms with Gasteiger partial charge in [0.15, 0.2) is 0 Å². The van der Waals surface area contributed by atoms with Crippen LogP contribution >= 0.6 is 0 Å². The average Bonchev–Trinajstić information content (AvgIpc) is 2.62. The Kier molecular flexibility index (Phi) is 4.76. The van der Waals surface area contributed by atoms with Crippen molar-refractivity contribution in [3.05, 3.63) is 0 Å². The van der Waals surface area contributed by atoms with Gasteiger partial charge in [-0.1, -0.05) is 0 Å². The number of aliphatic hydroxyl groups excluding tert-OH is 1. The van der Waals surface area contributed by atoms with Gasteiger partial charge < -0.3 is 10.4 Å². The first-order chi connectivity index (χ1) is 7.78. The fraction of sp³-hybridized carbons (Fsp3) is 0.900. The molecule has 1 saturated heterocycles. The monoisotopic (exact) mass is 254 g/mol. The van der Waals surface area contributed by atoms with Crippen molar-refractivity contribution < 1.29 is 23.1 Å². The van der Waals surface area contributed by atoms with Crippen LogP contribution in [0.5, 0.6) is 0 Å². The number of alkyl halides is 3. The number of hydrogen-bond acceptors (Lipinski definition) is 3. The first-order valence-corrected chi connectivity index (χ1v) is 5.52. The van der Waals surface area contributed by atoms with E-state index in [0.29, 0.717) is 13.1 Å². The van der Waals surface area contributed by atoms with E-state index >= 15 is 0 Å². The lowest BCUT2D eigenvalue weighted by Crippen LogP contribution is -2.40. The maximum atomic E-state index is 11.8. The van der Waals surface area contributed by atoms with Gasteiger partial charge in [0.25, 0.3) is 0 Å². The van der Waals surface area contributed by atoms with Gasteiger partial charge in [-0.3, -0.25) is 9.69 Å². The second kappa shape index (κ2) is 5.68. The van der Waals surface area contributed by atoms with Gasteiger partial charge in [0.1, 0.15) is 6.54 Å². The molecule has 0 aromatic carbocycles. The van der Waals surface area contributed by atoms with Gasteiger partial charge in [-0.25, -0.2) is 0 Å². The van der Waals surface area contributed by atoms with Crippen LogP contribution in [-0.4, -0.2) is 54.4 Å². The minimum Gasteiger partial charge on any atom is -0.393 e. The predicted octanol–water partition coefficient (Wildman–Crippen LogP) is 0.368. The zero-order valence-electron chi connectivity index (χ0n) is 9.63. The Balaban J connectivity index is 2.24. The van der Waals surface area contributed by atoms with Gasteiger partial charge in [0.2, 0.25) is 5.91 Å². The first-order valence-electron chi connectivity index (χ1n) is 5.52. The molecule has 100 valence electrons. The molecular formula is C10H17F3N2O2. The molecule has 1 aliphatic rings. The third-order valence-electron chi connectivity index (χ3n) is 2.84. The van der Waals surface area contributed by atoms with Crippen LogP contribution in [0.25, 0.3) is 0 Å². The Hall–Kier alpha value is -0.820. The highest BCUT2D eigenvalue weighted by atomic mass is 19.4. The zero-order valence-corrected chi connectivity index (χ0v) is 9.63. The SMILES string of the molecule is CC(O)C1CCN(CC(=O)NCC(F)(F)F)C1. The molecule has 0 spiro atoms. The normalized spacial score (nSPS) is 23.7. The molecule has 1 amide bonds. The minimum absolute atomic E-state index is 0.0424. The van der Waals surface area contributed by atoms with E-state index in [2.05, 4.69) is 0 Å². The van der Waals surface area contributed by atoms with Crippen LogP contribution in [0.4, 0.5) is 13.2 Å². The molecule has 0 aromatic rings. The van der Waals surface area contributed by atoms with E-state index in [9.17, 15) is 23.1 Å². The van der Waals surface area contributed by atoms with Crippen LogP contribution in [-0.2, 0) is 4.79 Å². The van der Waals surface area contributed by atoms with Crippen molar-refractivity contribution in [1.29, 1.82) is 0 Å². The van der Waals surface area contributed by atoms with Crippen molar-refractivity contribution in [2.45, 2.75) is 25.6 Å². The van der Waals surface area contributed by atoms with Crippen molar-refractivity contribution in [1.82, 2.24) is 10.2 Å². The van der Waals surface area contributed by atoms with Gasteiger partial charge in [-0.2, -0.15) is 13.2 Å². The number of carbonyl (C=O) groups is 1. The Morgan fingerprint density at radius 1 is 1.59 bits per heavy atom. The quantitative estimate of drug-likeness (QED) is 0.762. The summed E-state index contributed by atoms with van der Waals surface area (Å²) in [7, 11) is 0. The van der Waals surface area contributed by atoms with E-state index in [1.807, 2.05) is 5.32 Å². The van der Waals surface area contributed by atoms with E-state index in [4.69, 9.17) is 0 Å². The number of nitrogens with zero attached hydrogens (tertiary/aromatic N) is 1. The van der Waals surface area contributed by atoms with Crippen molar-refractivity contribution in [2.24, 2.45) is 5.92 Å². The molecule has 2 atom stereocenters. The van der Waals surface area contributed by atoms with E-state index in [1.54, 1.807) is 11.8 Å². The van der Waals surface area contributed by atoms with Crippen LogP contribution in [0.3, 0.4) is 0 Å². The first kappa shape index (κ1) is 14.2. The maximum absolute atomic E-state index is 11.8. The molecule has 0 bridgehead atoms. The number of halogens is 3. The number of amides is 1. The molecule has 7 heteroatoms. The molecule has 1 heterocycles. The third kappa shape index (κ3) is 5.36. The number of likely N-dealkylation sites (tertiary alicyclic amines) is 1. The summed E-state index contributed by atoms with van der Waals surface area (Å²) in [4.78, 5) is 13.0. The average molecular weight is 254 g/mol. The largest absolute Gasteiger partial charge is 0.405 e. The van der Waals surface area contributed by atoms with E-state index < -0.39 is 24.7 Å². The van der Waals surface area contributed by atoms with Crippen LogP contribution in [0.15, 0.2) is 0 Å². The molecule has 0 saturated carbocycles. The van der Waals surface area contributed by atoms with E-state index in [-0.39, 0.29) is 12.5 Å². The fourth-order valence-electron chi connectivity index (χ4n) is 1.86. The Labute approximate surface area is 97.8 Å². The number of hydrogen-bond donors (Lipinski definition) is 2. The third-order valence-corrected chi connectivity index (χ3v) is 2.84. The topological polar surface area (TPSA) is 52.6 Å². The smallest absolute Gasteiger partial charge is 0.393 e.